The number of halogens is 1. The number of methoxy groups -OCH3 is 1. The number of hydrogen-bond acceptors (Lipinski definition) is 5. The van der Waals surface area contributed by atoms with Gasteiger partial charge in [0.15, 0.2) is 6.61 Å². The molecule has 0 aliphatic heterocycles. The van der Waals surface area contributed by atoms with Crippen LogP contribution in [0.2, 0.25) is 0 Å². The van der Waals surface area contributed by atoms with Gasteiger partial charge in [0, 0.05) is 10.0 Å². The molecule has 0 radical (unpaired) electrons. The van der Waals surface area contributed by atoms with E-state index < -0.39 is 24.5 Å². The molecule has 29 heavy (non-hydrogen) atoms. The third kappa shape index (κ3) is 4.42. The maximum Gasteiger partial charge on any atom is 0.339 e. The molecule has 4 aliphatic carbocycles. The Morgan fingerprint density at radius 1 is 1.10 bits per heavy atom. The van der Waals surface area contributed by atoms with Crippen molar-refractivity contribution in [1.82, 2.24) is 10.6 Å². The zero-order valence-corrected chi connectivity index (χ0v) is 17.9. The van der Waals surface area contributed by atoms with Gasteiger partial charge in [-0.3, -0.25) is 10.1 Å². The number of carbonyl (C=O) groups excluding carboxylic acids is 3. The Balaban J connectivity index is 1.28. The zero-order chi connectivity index (χ0) is 20.6. The molecule has 156 valence electrons. The Kier molecular flexibility index (Phi) is 5.55. The normalized spacial score (nSPS) is 29.2. The van der Waals surface area contributed by atoms with Crippen LogP contribution in [0, 0.1) is 17.8 Å². The lowest BCUT2D eigenvalue weighted by atomic mass is 9.53. The van der Waals surface area contributed by atoms with Gasteiger partial charge in [0.2, 0.25) is 0 Å². The van der Waals surface area contributed by atoms with Gasteiger partial charge in [-0.15, -0.1) is 0 Å². The molecule has 7 nitrogen and oxygen atoms in total. The van der Waals surface area contributed by atoms with Crippen LogP contribution >= 0.6 is 15.9 Å². The van der Waals surface area contributed by atoms with Crippen LogP contribution in [0.4, 0.5) is 4.79 Å². The summed E-state index contributed by atoms with van der Waals surface area (Å²) in [5.41, 5.74) is 0.0662. The van der Waals surface area contributed by atoms with E-state index in [-0.39, 0.29) is 11.1 Å². The fraction of sp³-hybridized carbons (Fsp3) is 0.571. The van der Waals surface area contributed by atoms with Crippen molar-refractivity contribution in [3.05, 3.63) is 28.2 Å². The van der Waals surface area contributed by atoms with Crippen LogP contribution in [0.15, 0.2) is 22.7 Å². The van der Waals surface area contributed by atoms with Gasteiger partial charge in [-0.2, -0.15) is 0 Å². The molecule has 3 amide bonds. The minimum atomic E-state index is -0.674. The van der Waals surface area contributed by atoms with Crippen LogP contribution in [0.5, 0.6) is 5.75 Å². The second-order valence-corrected chi connectivity index (χ2v) is 9.48. The summed E-state index contributed by atoms with van der Waals surface area (Å²) in [6.45, 7) is -0.531. The number of hydrogen-bond donors (Lipinski definition) is 2. The first-order valence-corrected chi connectivity index (χ1v) is 10.8. The lowest BCUT2D eigenvalue weighted by molar-refractivity contribution is -0.123. The van der Waals surface area contributed by atoms with Gasteiger partial charge in [-0.25, -0.2) is 9.59 Å². The van der Waals surface area contributed by atoms with E-state index in [1.165, 1.54) is 32.4 Å². The summed E-state index contributed by atoms with van der Waals surface area (Å²) in [4.78, 5) is 36.7. The number of rotatable bonds is 5. The number of imide groups is 1. The molecule has 0 aromatic heterocycles. The lowest BCUT2D eigenvalue weighted by Crippen LogP contribution is -2.62. The van der Waals surface area contributed by atoms with Crippen LogP contribution in [0.3, 0.4) is 0 Å². The summed E-state index contributed by atoms with van der Waals surface area (Å²) in [5, 5.41) is 5.36. The Hall–Kier alpha value is -2.09. The van der Waals surface area contributed by atoms with E-state index in [2.05, 4.69) is 26.6 Å². The monoisotopic (exact) mass is 464 g/mol. The van der Waals surface area contributed by atoms with Gasteiger partial charge >= 0.3 is 12.0 Å². The van der Waals surface area contributed by atoms with Gasteiger partial charge in [0.05, 0.1) is 12.7 Å². The number of nitrogens with one attached hydrogen (secondary N) is 2. The molecule has 0 spiro atoms. The van der Waals surface area contributed by atoms with Crippen molar-refractivity contribution >= 4 is 33.8 Å². The van der Waals surface area contributed by atoms with E-state index in [4.69, 9.17) is 9.47 Å². The topological polar surface area (TPSA) is 93.7 Å². The number of amides is 3. The smallest absolute Gasteiger partial charge is 0.339 e. The van der Waals surface area contributed by atoms with Gasteiger partial charge in [-0.1, -0.05) is 0 Å². The van der Waals surface area contributed by atoms with Crippen LogP contribution < -0.4 is 15.4 Å². The second kappa shape index (κ2) is 7.97. The molecule has 8 heteroatoms. The van der Waals surface area contributed by atoms with E-state index in [0.29, 0.717) is 28.0 Å². The quantitative estimate of drug-likeness (QED) is 0.651. The van der Waals surface area contributed by atoms with Crippen molar-refractivity contribution in [2.24, 2.45) is 17.8 Å². The van der Waals surface area contributed by atoms with E-state index in [9.17, 15) is 14.4 Å². The van der Waals surface area contributed by atoms with E-state index in [1.54, 1.807) is 12.1 Å². The summed E-state index contributed by atoms with van der Waals surface area (Å²) in [7, 11) is 1.49. The summed E-state index contributed by atoms with van der Waals surface area (Å²) in [5.74, 6) is 1.25. The lowest BCUT2D eigenvalue weighted by Gasteiger charge is -2.56. The Labute approximate surface area is 178 Å². The predicted molar refractivity (Wildman–Crippen MR) is 109 cm³/mol. The Morgan fingerprint density at radius 3 is 2.31 bits per heavy atom. The maximum atomic E-state index is 12.4. The number of carbonyl (C=O) groups is 3. The highest BCUT2D eigenvalue weighted by Gasteiger charge is 2.51. The van der Waals surface area contributed by atoms with Crippen molar-refractivity contribution in [2.45, 2.75) is 44.1 Å². The Morgan fingerprint density at radius 2 is 1.72 bits per heavy atom. The van der Waals surface area contributed by atoms with Crippen LogP contribution in [0.1, 0.15) is 48.9 Å². The first-order valence-electron chi connectivity index (χ1n) is 9.98. The van der Waals surface area contributed by atoms with Crippen molar-refractivity contribution in [2.75, 3.05) is 13.7 Å². The highest BCUT2D eigenvalue weighted by molar-refractivity contribution is 9.10. The first kappa shape index (κ1) is 20.2. The molecule has 0 saturated heterocycles. The van der Waals surface area contributed by atoms with E-state index in [0.717, 1.165) is 19.3 Å². The molecule has 4 fully saturated rings. The number of ether oxygens (including phenoxy) is 2. The molecule has 0 unspecified atom stereocenters. The largest absolute Gasteiger partial charge is 0.497 e. The molecule has 4 bridgehead atoms. The molecular weight excluding hydrogens is 440 g/mol. The average molecular weight is 465 g/mol. The standard InChI is InChI=1S/C21H25BrN2O5/c1-28-15-2-3-17(22)16(7-15)19(26)29-11-18(25)23-20(27)24-21-8-12-4-13(9-21)6-14(5-12)10-21/h2-3,7,12-14H,4-6,8-11H2,1H3,(H2,23,24,25,27). The van der Waals surface area contributed by atoms with Crippen molar-refractivity contribution < 1.29 is 23.9 Å². The van der Waals surface area contributed by atoms with Crippen LogP contribution in [0.25, 0.3) is 0 Å². The number of benzene rings is 1. The SMILES string of the molecule is COc1ccc(Br)c(C(=O)OCC(=O)NC(=O)NC23CC4CC(CC(C4)C2)C3)c1. The van der Waals surface area contributed by atoms with Crippen molar-refractivity contribution in [3.63, 3.8) is 0 Å². The van der Waals surface area contributed by atoms with Gasteiger partial charge in [0.25, 0.3) is 5.91 Å². The number of esters is 1. The minimum Gasteiger partial charge on any atom is -0.497 e. The summed E-state index contributed by atoms with van der Waals surface area (Å²) >= 11 is 3.27. The second-order valence-electron chi connectivity index (χ2n) is 8.62. The molecule has 4 aliphatic rings. The summed E-state index contributed by atoms with van der Waals surface area (Å²) in [6.07, 6.45) is 6.82. The zero-order valence-electron chi connectivity index (χ0n) is 16.3. The molecule has 4 saturated carbocycles. The van der Waals surface area contributed by atoms with Gasteiger partial charge < -0.3 is 14.8 Å². The molecule has 5 rings (SSSR count). The van der Waals surface area contributed by atoms with Crippen molar-refractivity contribution in [3.8, 4) is 5.75 Å². The third-order valence-electron chi connectivity index (χ3n) is 6.40. The van der Waals surface area contributed by atoms with E-state index in [1.807, 2.05) is 0 Å². The molecule has 0 atom stereocenters. The molecule has 1 aromatic carbocycles. The highest BCUT2D eigenvalue weighted by atomic mass is 79.9. The minimum absolute atomic E-state index is 0.179. The van der Waals surface area contributed by atoms with E-state index >= 15 is 0 Å². The fourth-order valence-corrected chi connectivity index (χ4v) is 6.10. The van der Waals surface area contributed by atoms with Gasteiger partial charge in [-0.05, 0) is 90.4 Å². The predicted octanol–water partition coefficient (Wildman–Crippen LogP) is 3.41. The Bertz CT molecular complexity index is 805. The van der Waals surface area contributed by atoms with Crippen LogP contribution in [-0.2, 0) is 9.53 Å². The van der Waals surface area contributed by atoms with Crippen molar-refractivity contribution in [1.29, 1.82) is 0 Å². The summed E-state index contributed by atoms with van der Waals surface area (Å²) in [6, 6.07) is 4.37. The van der Waals surface area contributed by atoms with Crippen LogP contribution in [-0.4, -0.2) is 37.2 Å². The molecule has 2 N–H and O–H groups in total. The summed E-state index contributed by atoms with van der Waals surface area (Å²) < 4.78 is 10.7. The van der Waals surface area contributed by atoms with Gasteiger partial charge in [0.1, 0.15) is 5.75 Å². The maximum absolute atomic E-state index is 12.4. The molecule has 1 aromatic rings. The highest BCUT2D eigenvalue weighted by Crippen LogP contribution is 2.55. The number of urea groups is 1. The molecular formula is C21H25BrN2O5. The fourth-order valence-electron chi connectivity index (χ4n) is 5.70. The average Bonchev–Trinajstić information content (AvgIpc) is 2.64. The first-order chi connectivity index (χ1) is 13.9. The third-order valence-corrected chi connectivity index (χ3v) is 7.09. The molecule has 0 heterocycles.